The molecule has 0 N–H and O–H groups in total. The summed E-state index contributed by atoms with van der Waals surface area (Å²) >= 11 is 0. The number of hydrogen-bond donors (Lipinski definition) is 0. The average molecular weight is 349 g/mol. The van der Waals surface area contributed by atoms with Crippen molar-refractivity contribution in [3.8, 4) is 0 Å². The van der Waals surface area contributed by atoms with Crippen LogP contribution in [0.5, 0.6) is 0 Å². The van der Waals surface area contributed by atoms with E-state index in [4.69, 9.17) is 18.9 Å². The molecule has 0 aromatic heterocycles. The normalized spacial score (nSPS) is 31.4. The molecule has 5 atom stereocenters. The van der Waals surface area contributed by atoms with Crippen LogP contribution in [0.1, 0.15) is 34.6 Å². The number of hydrogen-bond acceptors (Lipinski definition) is 4. The number of ether oxygens (including phenoxy) is 4. The molecule has 2 unspecified atom stereocenters. The molecule has 0 bridgehead atoms. The standard InChI is InChI=1S/C16H34O4Si.C2H6/c1-12-13(2)16(15(10-17-4)20-14(12)3)19-11-18-8-9-21(5,6)7;1-2/h12-16H,8-11H2,1-7H3;1-2H3/t12?,13-,14+,15?,16-;/m1./s1. The van der Waals surface area contributed by atoms with Crippen LogP contribution in [0.4, 0.5) is 0 Å². The Morgan fingerprint density at radius 1 is 1.00 bits per heavy atom. The van der Waals surface area contributed by atoms with Crippen molar-refractivity contribution in [1.29, 1.82) is 0 Å². The zero-order valence-electron chi connectivity index (χ0n) is 16.8. The van der Waals surface area contributed by atoms with Gasteiger partial charge in [-0.1, -0.05) is 47.3 Å². The van der Waals surface area contributed by atoms with Crippen molar-refractivity contribution in [3.05, 3.63) is 0 Å². The molecule has 0 aliphatic carbocycles. The largest absolute Gasteiger partial charge is 0.382 e. The van der Waals surface area contributed by atoms with Gasteiger partial charge in [0.25, 0.3) is 0 Å². The molecule has 0 spiro atoms. The zero-order chi connectivity index (χ0) is 18.0. The molecule has 0 amide bonds. The Hall–Kier alpha value is 0.0569. The van der Waals surface area contributed by atoms with E-state index in [9.17, 15) is 0 Å². The third-order valence-corrected chi connectivity index (χ3v) is 6.22. The van der Waals surface area contributed by atoms with E-state index >= 15 is 0 Å². The van der Waals surface area contributed by atoms with Gasteiger partial charge in [-0.15, -0.1) is 0 Å². The summed E-state index contributed by atoms with van der Waals surface area (Å²) in [5, 5.41) is 0. The van der Waals surface area contributed by atoms with Gasteiger partial charge in [-0.3, -0.25) is 0 Å². The Morgan fingerprint density at radius 2 is 1.61 bits per heavy atom. The Balaban J connectivity index is 0.00000232. The number of methoxy groups -OCH3 is 1. The first kappa shape index (κ1) is 23.1. The number of rotatable bonds is 8. The van der Waals surface area contributed by atoms with Gasteiger partial charge in [-0.2, -0.15) is 0 Å². The summed E-state index contributed by atoms with van der Waals surface area (Å²) in [7, 11) is 0.675. The molecule has 1 aliphatic rings. The van der Waals surface area contributed by atoms with Crippen LogP contribution >= 0.6 is 0 Å². The van der Waals surface area contributed by atoms with E-state index in [1.165, 1.54) is 6.04 Å². The van der Waals surface area contributed by atoms with Crippen molar-refractivity contribution in [1.82, 2.24) is 0 Å². The van der Waals surface area contributed by atoms with Crippen molar-refractivity contribution in [2.45, 2.75) is 78.6 Å². The minimum Gasteiger partial charge on any atom is -0.382 e. The first-order valence-corrected chi connectivity index (χ1v) is 12.8. The second kappa shape index (κ2) is 11.6. The van der Waals surface area contributed by atoms with Gasteiger partial charge in [0.05, 0.1) is 18.8 Å². The van der Waals surface area contributed by atoms with Crippen LogP contribution in [-0.2, 0) is 18.9 Å². The summed E-state index contributed by atoms with van der Waals surface area (Å²) in [5.41, 5.74) is 0. The topological polar surface area (TPSA) is 36.9 Å². The fourth-order valence-electron chi connectivity index (χ4n) is 2.66. The molecule has 23 heavy (non-hydrogen) atoms. The van der Waals surface area contributed by atoms with Crippen molar-refractivity contribution in [2.24, 2.45) is 11.8 Å². The van der Waals surface area contributed by atoms with E-state index in [1.54, 1.807) is 7.11 Å². The van der Waals surface area contributed by atoms with Gasteiger partial charge < -0.3 is 18.9 Å². The molecular weight excluding hydrogens is 308 g/mol. The highest BCUT2D eigenvalue weighted by Crippen LogP contribution is 2.32. The minimum absolute atomic E-state index is 0.00297. The SMILES string of the molecule is CC.COCC1O[C@@H](C)C(C)[C@@H](C)[C@H]1OCOCC[Si](C)(C)C. The van der Waals surface area contributed by atoms with E-state index in [1.807, 2.05) is 13.8 Å². The van der Waals surface area contributed by atoms with Crippen LogP contribution < -0.4 is 0 Å². The van der Waals surface area contributed by atoms with Gasteiger partial charge in [0.2, 0.25) is 0 Å². The third kappa shape index (κ3) is 8.63. The zero-order valence-corrected chi connectivity index (χ0v) is 17.8. The molecule has 5 heteroatoms. The fraction of sp³-hybridized carbons (Fsp3) is 1.00. The summed E-state index contributed by atoms with van der Waals surface area (Å²) in [6, 6.07) is 1.17. The highest BCUT2D eigenvalue weighted by atomic mass is 28.3. The summed E-state index contributed by atoms with van der Waals surface area (Å²) in [6.07, 6.45) is 0.285. The van der Waals surface area contributed by atoms with E-state index in [0.29, 0.717) is 25.2 Å². The van der Waals surface area contributed by atoms with Crippen LogP contribution in [0, 0.1) is 11.8 Å². The molecule has 4 nitrogen and oxygen atoms in total. The molecule has 1 fully saturated rings. The summed E-state index contributed by atoms with van der Waals surface area (Å²) in [6.45, 7) is 19.4. The molecule has 0 saturated carbocycles. The van der Waals surface area contributed by atoms with Gasteiger partial charge in [-0.05, 0) is 24.8 Å². The van der Waals surface area contributed by atoms with Crippen LogP contribution in [0.3, 0.4) is 0 Å². The van der Waals surface area contributed by atoms with Crippen molar-refractivity contribution >= 4 is 8.07 Å². The lowest BCUT2D eigenvalue weighted by atomic mass is 9.82. The van der Waals surface area contributed by atoms with Gasteiger partial charge >= 0.3 is 0 Å². The second-order valence-electron chi connectivity index (χ2n) is 7.52. The van der Waals surface area contributed by atoms with E-state index in [-0.39, 0.29) is 18.3 Å². The molecule has 0 aromatic carbocycles. The van der Waals surface area contributed by atoms with Crippen LogP contribution in [0.15, 0.2) is 0 Å². The molecular formula is C18H40O4Si. The summed E-state index contributed by atoms with van der Waals surface area (Å²) < 4.78 is 23.0. The Kier molecular flexibility index (Phi) is 11.6. The average Bonchev–Trinajstić information content (AvgIpc) is 2.48. The predicted molar refractivity (Wildman–Crippen MR) is 99.7 cm³/mol. The smallest absolute Gasteiger partial charge is 0.147 e. The lowest BCUT2D eigenvalue weighted by molar-refractivity contribution is -0.219. The Morgan fingerprint density at radius 3 is 2.13 bits per heavy atom. The van der Waals surface area contributed by atoms with E-state index < -0.39 is 8.07 Å². The van der Waals surface area contributed by atoms with Gasteiger partial charge in [0.1, 0.15) is 12.9 Å². The van der Waals surface area contributed by atoms with Gasteiger partial charge in [0, 0.05) is 21.8 Å². The van der Waals surface area contributed by atoms with Gasteiger partial charge in [0.15, 0.2) is 0 Å². The summed E-state index contributed by atoms with van der Waals surface area (Å²) in [5.74, 6) is 0.916. The lowest BCUT2D eigenvalue weighted by Crippen LogP contribution is -2.51. The fourth-order valence-corrected chi connectivity index (χ4v) is 3.42. The van der Waals surface area contributed by atoms with E-state index in [2.05, 4.69) is 40.4 Å². The highest BCUT2D eigenvalue weighted by molar-refractivity contribution is 6.76. The van der Waals surface area contributed by atoms with Crippen molar-refractivity contribution in [3.63, 3.8) is 0 Å². The van der Waals surface area contributed by atoms with E-state index in [0.717, 1.165) is 6.61 Å². The first-order valence-electron chi connectivity index (χ1n) is 9.10. The first-order chi connectivity index (χ1) is 10.8. The molecule has 1 rings (SSSR count). The van der Waals surface area contributed by atoms with Gasteiger partial charge in [-0.25, -0.2) is 0 Å². The minimum atomic E-state index is -1.03. The molecule has 0 aromatic rings. The highest BCUT2D eigenvalue weighted by Gasteiger charge is 2.40. The second-order valence-corrected chi connectivity index (χ2v) is 13.1. The maximum atomic E-state index is 6.03. The van der Waals surface area contributed by atoms with Crippen molar-refractivity contribution in [2.75, 3.05) is 27.1 Å². The third-order valence-electron chi connectivity index (χ3n) is 4.52. The Bertz CT molecular complexity index is 293. The monoisotopic (exact) mass is 348 g/mol. The molecule has 0 radical (unpaired) electrons. The molecule has 1 heterocycles. The summed E-state index contributed by atoms with van der Waals surface area (Å²) in [4.78, 5) is 0. The van der Waals surface area contributed by atoms with Crippen LogP contribution in [0.25, 0.3) is 0 Å². The quantitative estimate of drug-likeness (QED) is 0.370. The Labute approximate surface area is 145 Å². The molecule has 1 aliphatic heterocycles. The molecule has 1 saturated heterocycles. The van der Waals surface area contributed by atoms with Crippen LogP contribution in [0.2, 0.25) is 25.7 Å². The maximum Gasteiger partial charge on any atom is 0.147 e. The molecule has 140 valence electrons. The maximum absolute atomic E-state index is 6.03. The lowest BCUT2D eigenvalue weighted by Gasteiger charge is -2.43. The van der Waals surface area contributed by atoms with Crippen molar-refractivity contribution < 1.29 is 18.9 Å². The predicted octanol–water partition coefficient (Wildman–Crippen LogP) is 4.42. The van der Waals surface area contributed by atoms with Crippen LogP contribution in [-0.4, -0.2) is 53.5 Å².